The Morgan fingerprint density at radius 2 is 1.83 bits per heavy atom. The van der Waals surface area contributed by atoms with Gasteiger partial charge in [0.25, 0.3) is 5.91 Å². The van der Waals surface area contributed by atoms with Crippen molar-refractivity contribution < 1.29 is 13.2 Å². The van der Waals surface area contributed by atoms with Crippen LogP contribution in [0.15, 0.2) is 47.4 Å². The Labute approximate surface area is 174 Å². The molecular weight excluding hydrogens is 406 g/mol. The molecule has 8 heteroatoms. The summed E-state index contributed by atoms with van der Waals surface area (Å²) >= 11 is 1.28. The van der Waals surface area contributed by atoms with Crippen molar-refractivity contribution in [2.75, 3.05) is 18.4 Å². The average molecular weight is 430 g/mol. The number of nitrogens with one attached hydrogen (secondary N) is 1. The third kappa shape index (κ3) is 4.19. The third-order valence-electron chi connectivity index (χ3n) is 5.16. The van der Waals surface area contributed by atoms with E-state index in [9.17, 15) is 13.2 Å². The molecule has 1 aliphatic heterocycles. The second kappa shape index (κ2) is 8.22. The molecule has 1 N–H and O–H groups in total. The lowest BCUT2D eigenvalue weighted by molar-refractivity contribution is 0.102. The fourth-order valence-corrected chi connectivity index (χ4v) is 5.95. The van der Waals surface area contributed by atoms with E-state index in [1.165, 1.54) is 16.9 Å². The number of fused-ring (bicyclic) bond motifs is 1. The average Bonchev–Trinajstić information content (AvgIpc) is 3.15. The molecule has 0 spiro atoms. The molecule has 4 rings (SSSR count). The summed E-state index contributed by atoms with van der Waals surface area (Å²) < 4.78 is 28.1. The van der Waals surface area contributed by atoms with E-state index in [2.05, 4.69) is 17.2 Å². The highest BCUT2D eigenvalue weighted by Crippen LogP contribution is 2.30. The molecule has 2 heterocycles. The quantitative estimate of drug-likeness (QED) is 0.656. The Bertz CT molecular complexity index is 1130. The minimum Gasteiger partial charge on any atom is -0.298 e. The maximum Gasteiger partial charge on any atom is 0.257 e. The summed E-state index contributed by atoms with van der Waals surface area (Å²) in [5, 5.41) is 3.27. The number of benzene rings is 2. The highest BCUT2D eigenvalue weighted by Gasteiger charge is 2.26. The van der Waals surface area contributed by atoms with Crippen molar-refractivity contribution in [1.82, 2.24) is 9.29 Å². The summed E-state index contributed by atoms with van der Waals surface area (Å²) in [6.45, 7) is 3.21. The van der Waals surface area contributed by atoms with Crippen molar-refractivity contribution in [3.8, 4) is 0 Å². The third-order valence-corrected chi connectivity index (χ3v) is 7.99. The van der Waals surface area contributed by atoms with Crippen molar-refractivity contribution in [2.45, 2.75) is 37.5 Å². The molecule has 1 aliphatic rings. The van der Waals surface area contributed by atoms with Gasteiger partial charge in [-0.25, -0.2) is 13.4 Å². The molecule has 3 aromatic rings. The lowest BCUT2D eigenvalue weighted by atomic mass is 10.1. The lowest BCUT2D eigenvalue weighted by Gasteiger charge is -2.25. The number of rotatable bonds is 5. The Balaban J connectivity index is 1.55. The van der Waals surface area contributed by atoms with Gasteiger partial charge in [-0.1, -0.05) is 36.8 Å². The molecule has 1 amide bonds. The van der Waals surface area contributed by atoms with E-state index in [-0.39, 0.29) is 10.8 Å². The van der Waals surface area contributed by atoms with Crippen LogP contribution in [-0.2, 0) is 16.4 Å². The Morgan fingerprint density at radius 1 is 1.10 bits per heavy atom. The topological polar surface area (TPSA) is 79.4 Å². The van der Waals surface area contributed by atoms with Crippen LogP contribution in [0.25, 0.3) is 10.2 Å². The number of aromatic nitrogens is 1. The van der Waals surface area contributed by atoms with E-state index >= 15 is 0 Å². The number of sulfonamides is 1. The van der Waals surface area contributed by atoms with Crippen LogP contribution in [0, 0.1) is 0 Å². The van der Waals surface area contributed by atoms with Gasteiger partial charge in [0.05, 0.1) is 15.1 Å². The number of thiazole rings is 1. The molecule has 0 bridgehead atoms. The molecule has 1 fully saturated rings. The van der Waals surface area contributed by atoms with Gasteiger partial charge in [-0.05, 0) is 55.2 Å². The second-order valence-electron chi connectivity index (χ2n) is 7.12. The normalized spacial score (nSPS) is 15.5. The Kier molecular flexibility index (Phi) is 5.67. The van der Waals surface area contributed by atoms with Crippen molar-refractivity contribution in [2.24, 2.45) is 0 Å². The number of carbonyl (C=O) groups is 1. The van der Waals surface area contributed by atoms with Crippen LogP contribution in [0.5, 0.6) is 0 Å². The molecular formula is C21H23N3O3S2. The summed E-state index contributed by atoms with van der Waals surface area (Å²) in [5.41, 5.74) is 2.41. The summed E-state index contributed by atoms with van der Waals surface area (Å²) in [4.78, 5) is 17.2. The number of hydrogen-bond donors (Lipinski definition) is 1. The van der Waals surface area contributed by atoms with E-state index in [1.54, 1.807) is 34.6 Å². The number of nitrogens with zero attached hydrogens (tertiary/aromatic N) is 2. The molecule has 2 aromatic carbocycles. The largest absolute Gasteiger partial charge is 0.298 e. The lowest BCUT2D eigenvalue weighted by Crippen LogP contribution is -2.35. The van der Waals surface area contributed by atoms with Crippen LogP contribution in [0.4, 0.5) is 5.13 Å². The molecule has 1 saturated heterocycles. The zero-order valence-corrected chi connectivity index (χ0v) is 17.9. The van der Waals surface area contributed by atoms with Crippen molar-refractivity contribution in [1.29, 1.82) is 0 Å². The monoisotopic (exact) mass is 429 g/mol. The van der Waals surface area contributed by atoms with E-state index in [0.717, 1.165) is 30.4 Å². The number of carbonyl (C=O) groups excluding carboxylic acids is 1. The molecule has 0 saturated carbocycles. The second-order valence-corrected chi connectivity index (χ2v) is 10.1. The van der Waals surface area contributed by atoms with E-state index in [0.29, 0.717) is 29.3 Å². The van der Waals surface area contributed by atoms with Gasteiger partial charge >= 0.3 is 0 Å². The van der Waals surface area contributed by atoms with Gasteiger partial charge in [-0.15, -0.1) is 0 Å². The van der Waals surface area contributed by atoms with Crippen LogP contribution in [0.2, 0.25) is 0 Å². The summed E-state index contributed by atoms with van der Waals surface area (Å²) in [7, 11) is -3.49. The summed E-state index contributed by atoms with van der Waals surface area (Å²) in [5.74, 6) is -0.229. The summed E-state index contributed by atoms with van der Waals surface area (Å²) in [6.07, 6.45) is 3.79. The summed E-state index contributed by atoms with van der Waals surface area (Å²) in [6, 6.07) is 12.4. The molecule has 0 radical (unpaired) electrons. The Hall–Kier alpha value is -2.29. The van der Waals surface area contributed by atoms with Crippen LogP contribution < -0.4 is 5.32 Å². The van der Waals surface area contributed by atoms with Gasteiger partial charge in [0.2, 0.25) is 10.0 Å². The first-order valence-electron chi connectivity index (χ1n) is 9.78. The maximum absolute atomic E-state index is 12.9. The van der Waals surface area contributed by atoms with Gasteiger partial charge in [-0.3, -0.25) is 10.1 Å². The van der Waals surface area contributed by atoms with Gasteiger partial charge in [-0.2, -0.15) is 4.31 Å². The molecule has 1 aromatic heterocycles. The number of amides is 1. The number of aryl methyl sites for hydroxylation is 1. The molecule has 6 nitrogen and oxygen atoms in total. The van der Waals surface area contributed by atoms with Crippen LogP contribution in [-0.4, -0.2) is 36.7 Å². The zero-order valence-electron chi connectivity index (χ0n) is 16.2. The molecule has 29 heavy (non-hydrogen) atoms. The smallest absolute Gasteiger partial charge is 0.257 e. The molecule has 0 unspecified atom stereocenters. The molecule has 0 atom stereocenters. The van der Waals surface area contributed by atoms with Crippen LogP contribution in [0.1, 0.15) is 42.1 Å². The maximum atomic E-state index is 12.9. The fraction of sp³-hybridized carbons (Fsp3) is 0.333. The minimum atomic E-state index is -3.49. The standard InChI is InChI=1S/C21H23N3O3S2/c1-2-15-6-8-16(9-7-15)20(25)23-21-22-18-11-10-17(14-19(18)28-21)29(26,27)24-12-4-3-5-13-24/h6-11,14H,2-5,12-13H2,1H3,(H,22,23,25). The predicted octanol–water partition coefficient (Wildman–Crippen LogP) is 4.29. The van der Waals surface area contributed by atoms with E-state index < -0.39 is 10.0 Å². The predicted molar refractivity (Wildman–Crippen MR) is 116 cm³/mol. The van der Waals surface area contributed by atoms with Gasteiger partial charge < -0.3 is 0 Å². The van der Waals surface area contributed by atoms with Crippen molar-refractivity contribution >= 4 is 42.6 Å². The minimum absolute atomic E-state index is 0.229. The first kappa shape index (κ1) is 20.0. The SMILES string of the molecule is CCc1ccc(C(=O)Nc2nc3ccc(S(=O)(=O)N4CCCCC4)cc3s2)cc1. The first-order valence-corrected chi connectivity index (χ1v) is 12.0. The molecule has 152 valence electrons. The number of anilines is 1. The number of piperidine rings is 1. The first-order chi connectivity index (χ1) is 14.0. The highest BCUT2D eigenvalue weighted by atomic mass is 32.2. The van der Waals surface area contributed by atoms with E-state index in [1.807, 2.05) is 12.1 Å². The van der Waals surface area contributed by atoms with Gasteiger partial charge in [0, 0.05) is 18.7 Å². The number of hydrogen-bond acceptors (Lipinski definition) is 5. The fourth-order valence-electron chi connectivity index (χ4n) is 3.43. The Morgan fingerprint density at radius 3 is 2.52 bits per heavy atom. The van der Waals surface area contributed by atoms with Gasteiger partial charge in [0.1, 0.15) is 0 Å². The van der Waals surface area contributed by atoms with Crippen molar-refractivity contribution in [3.05, 3.63) is 53.6 Å². The zero-order chi connectivity index (χ0) is 20.4. The van der Waals surface area contributed by atoms with Gasteiger partial charge in [0.15, 0.2) is 5.13 Å². The van der Waals surface area contributed by atoms with Crippen molar-refractivity contribution in [3.63, 3.8) is 0 Å². The van der Waals surface area contributed by atoms with Crippen LogP contribution >= 0.6 is 11.3 Å². The van der Waals surface area contributed by atoms with E-state index in [4.69, 9.17) is 0 Å². The highest BCUT2D eigenvalue weighted by molar-refractivity contribution is 7.89. The molecule has 0 aliphatic carbocycles. The van der Waals surface area contributed by atoms with Crippen LogP contribution in [0.3, 0.4) is 0 Å².